The van der Waals surface area contributed by atoms with Crippen molar-refractivity contribution >= 4 is 17.2 Å². The van der Waals surface area contributed by atoms with Gasteiger partial charge in [-0.3, -0.25) is 4.79 Å². The van der Waals surface area contributed by atoms with Crippen LogP contribution in [0.3, 0.4) is 0 Å². The Kier molecular flexibility index (Phi) is 5.08. The van der Waals surface area contributed by atoms with E-state index in [1.165, 1.54) is 11.3 Å². The number of rotatable bonds is 7. The highest BCUT2D eigenvalue weighted by Crippen LogP contribution is 2.24. The standard InChI is InChI=1S/C12H14N2O4S/c15-4-6-17-5-3-13-12(16)9-8-10(18-14-9)11-2-1-7-19-11/h1-2,7-8,15H,3-6H2,(H,13,16). The van der Waals surface area contributed by atoms with Crippen LogP contribution in [0, 0.1) is 0 Å². The summed E-state index contributed by atoms with van der Waals surface area (Å²) in [5, 5.41) is 16.8. The quantitative estimate of drug-likeness (QED) is 0.744. The molecule has 2 N–H and O–H groups in total. The van der Waals surface area contributed by atoms with Crippen molar-refractivity contribution in [3.63, 3.8) is 0 Å². The van der Waals surface area contributed by atoms with E-state index in [9.17, 15) is 4.79 Å². The van der Waals surface area contributed by atoms with E-state index in [0.29, 0.717) is 18.9 Å². The number of amides is 1. The lowest BCUT2D eigenvalue weighted by molar-refractivity contribution is 0.0833. The van der Waals surface area contributed by atoms with Gasteiger partial charge in [-0.2, -0.15) is 0 Å². The minimum absolute atomic E-state index is 0.0264. The Bertz CT molecular complexity index is 510. The van der Waals surface area contributed by atoms with E-state index in [0.717, 1.165) is 4.88 Å². The van der Waals surface area contributed by atoms with Crippen LogP contribution < -0.4 is 5.32 Å². The summed E-state index contributed by atoms with van der Waals surface area (Å²) in [7, 11) is 0. The molecule has 1 amide bonds. The van der Waals surface area contributed by atoms with Crippen LogP contribution in [0.4, 0.5) is 0 Å². The van der Waals surface area contributed by atoms with Crippen LogP contribution in [0.2, 0.25) is 0 Å². The van der Waals surface area contributed by atoms with Gasteiger partial charge in [0.05, 0.1) is 24.7 Å². The lowest BCUT2D eigenvalue weighted by atomic mass is 10.3. The molecule has 0 fully saturated rings. The van der Waals surface area contributed by atoms with Crippen molar-refractivity contribution in [3.8, 4) is 10.6 Å². The van der Waals surface area contributed by atoms with Gasteiger partial charge in [0, 0.05) is 12.6 Å². The van der Waals surface area contributed by atoms with E-state index in [1.807, 2.05) is 17.5 Å². The molecule has 102 valence electrons. The third kappa shape index (κ3) is 3.88. The number of carbonyl (C=O) groups is 1. The molecular weight excluding hydrogens is 268 g/mol. The summed E-state index contributed by atoms with van der Waals surface area (Å²) in [6.07, 6.45) is 0. The van der Waals surface area contributed by atoms with Gasteiger partial charge in [0.1, 0.15) is 0 Å². The van der Waals surface area contributed by atoms with Gasteiger partial charge in [0.2, 0.25) is 0 Å². The minimum Gasteiger partial charge on any atom is -0.394 e. The fourth-order valence-electron chi connectivity index (χ4n) is 1.41. The number of nitrogens with zero attached hydrogens (tertiary/aromatic N) is 1. The normalized spacial score (nSPS) is 10.6. The van der Waals surface area contributed by atoms with Gasteiger partial charge in [-0.15, -0.1) is 11.3 Å². The summed E-state index contributed by atoms with van der Waals surface area (Å²) in [5.41, 5.74) is 0.241. The molecule has 0 aliphatic rings. The molecular formula is C12H14N2O4S. The second-order valence-electron chi connectivity index (χ2n) is 3.65. The van der Waals surface area contributed by atoms with Crippen molar-refractivity contribution in [2.24, 2.45) is 0 Å². The first-order valence-electron chi connectivity index (χ1n) is 5.78. The molecule has 0 aliphatic heterocycles. The molecule has 0 bridgehead atoms. The van der Waals surface area contributed by atoms with Crippen LogP contribution in [-0.2, 0) is 4.74 Å². The molecule has 2 rings (SSSR count). The van der Waals surface area contributed by atoms with Crippen LogP contribution in [0.15, 0.2) is 28.1 Å². The molecule has 0 radical (unpaired) electrons. The highest BCUT2D eigenvalue weighted by molar-refractivity contribution is 7.13. The Morgan fingerprint density at radius 3 is 3.16 bits per heavy atom. The van der Waals surface area contributed by atoms with Gasteiger partial charge in [-0.25, -0.2) is 0 Å². The average Bonchev–Trinajstić information content (AvgIpc) is 3.08. The highest BCUT2D eigenvalue weighted by Gasteiger charge is 2.13. The van der Waals surface area contributed by atoms with E-state index in [4.69, 9.17) is 14.4 Å². The molecule has 6 nitrogen and oxygen atoms in total. The predicted octanol–water partition coefficient (Wildman–Crippen LogP) is 1.14. The zero-order valence-electron chi connectivity index (χ0n) is 10.2. The molecule has 2 heterocycles. The SMILES string of the molecule is O=C(NCCOCCO)c1cc(-c2cccs2)on1. The highest BCUT2D eigenvalue weighted by atomic mass is 32.1. The summed E-state index contributed by atoms with van der Waals surface area (Å²) in [4.78, 5) is 12.7. The largest absolute Gasteiger partial charge is 0.394 e. The molecule has 0 saturated heterocycles. The lowest BCUT2D eigenvalue weighted by Crippen LogP contribution is -2.27. The van der Waals surface area contributed by atoms with Crippen LogP contribution in [0.1, 0.15) is 10.5 Å². The van der Waals surface area contributed by atoms with Crippen molar-refractivity contribution in [2.75, 3.05) is 26.4 Å². The Hall–Kier alpha value is -1.70. The van der Waals surface area contributed by atoms with Crippen LogP contribution in [0.25, 0.3) is 10.6 Å². The number of aliphatic hydroxyl groups is 1. The van der Waals surface area contributed by atoms with Gasteiger partial charge >= 0.3 is 0 Å². The van der Waals surface area contributed by atoms with Gasteiger partial charge in [0.25, 0.3) is 5.91 Å². The molecule has 0 saturated carbocycles. The summed E-state index contributed by atoms with van der Waals surface area (Å²) in [6, 6.07) is 5.41. The molecule has 7 heteroatoms. The smallest absolute Gasteiger partial charge is 0.273 e. The Labute approximate surface area is 114 Å². The van der Waals surface area contributed by atoms with Crippen molar-refractivity contribution in [1.29, 1.82) is 0 Å². The lowest BCUT2D eigenvalue weighted by Gasteiger charge is -2.02. The van der Waals surface area contributed by atoms with Crippen LogP contribution in [0.5, 0.6) is 0 Å². The number of thiophene rings is 1. The first-order valence-corrected chi connectivity index (χ1v) is 6.66. The maximum atomic E-state index is 11.7. The van der Waals surface area contributed by atoms with Crippen molar-refractivity contribution in [2.45, 2.75) is 0 Å². The average molecular weight is 282 g/mol. The summed E-state index contributed by atoms with van der Waals surface area (Å²) in [5.74, 6) is 0.274. The predicted molar refractivity (Wildman–Crippen MR) is 70.1 cm³/mol. The van der Waals surface area contributed by atoms with Gasteiger partial charge in [-0.05, 0) is 11.4 Å². The third-order valence-corrected chi connectivity index (χ3v) is 3.16. The topological polar surface area (TPSA) is 84.6 Å². The van der Waals surface area contributed by atoms with E-state index in [2.05, 4.69) is 10.5 Å². The maximum absolute atomic E-state index is 11.7. The zero-order chi connectivity index (χ0) is 13.5. The maximum Gasteiger partial charge on any atom is 0.273 e. The first-order chi connectivity index (χ1) is 9.31. The molecule has 0 spiro atoms. The number of aromatic nitrogens is 1. The number of aliphatic hydroxyl groups excluding tert-OH is 1. The van der Waals surface area contributed by atoms with E-state index in [1.54, 1.807) is 6.07 Å². The van der Waals surface area contributed by atoms with Crippen LogP contribution in [-0.4, -0.2) is 42.5 Å². The second kappa shape index (κ2) is 7.03. The first kappa shape index (κ1) is 13.7. The van der Waals surface area contributed by atoms with E-state index >= 15 is 0 Å². The summed E-state index contributed by atoms with van der Waals surface area (Å²) in [6.45, 7) is 0.950. The third-order valence-electron chi connectivity index (χ3n) is 2.27. The zero-order valence-corrected chi connectivity index (χ0v) is 11.0. The summed E-state index contributed by atoms with van der Waals surface area (Å²) < 4.78 is 10.1. The molecule has 2 aromatic rings. The van der Waals surface area contributed by atoms with Crippen molar-refractivity contribution < 1.29 is 19.2 Å². The van der Waals surface area contributed by atoms with Gasteiger partial charge in [-0.1, -0.05) is 11.2 Å². The van der Waals surface area contributed by atoms with Gasteiger partial charge in [0.15, 0.2) is 11.5 Å². The van der Waals surface area contributed by atoms with Crippen molar-refractivity contribution in [3.05, 3.63) is 29.3 Å². The van der Waals surface area contributed by atoms with Crippen LogP contribution >= 0.6 is 11.3 Å². The molecule has 0 atom stereocenters. The number of carbonyl (C=O) groups excluding carboxylic acids is 1. The molecule has 0 unspecified atom stereocenters. The fourth-order valence-corrected chi connectivity index (χ4v) is 2.08. The Morgan fingerprint density at radius 2 is 2.42 bits per heavy atom. The molecule has 0 aromatic carbocycles. The number of hydrogen-bond donors (Lipinski definition) is 2. The van der Waals surface area contributed by atoms with Crippen molar-refractivity contribution in [1.82, 2.24) is 10.5 Å². The second-order valence-corrected chi connectivity index (χ2v) is 4.59. The van der Waals surface area contributed by atoms with Gasteiger partial charge < -0.3 is 19.7 Å². The number of ether oxygens (including phenoxy) is 1. The Balaban J connectivity index is 1.83. The molecule has 0 aliphatic carbocycles. The van der Waals surface area contributed by atoms with E-state index < -0.39 is 0 Å². The number of nitrogens with one attached hydrogen (secondary N) is 1. The summed E-state index contributed by atoms with van der Waals surface area (Å²) >= 11 is 1.52. The molecule has 2 aromatic heterocycles. The fraction of sp³-hybridized carbons (Fsp3) is 0.333. The number of hydrogen-bond acceptors (Lipinski definition) is 6. The minimum atomic E-state index is -0.306. The van der Waals surface area contributed by atoms with E-state index in [-0.39, 0.29) is 24.8 Å². The monoisotopic (exact) mass is 282 g/mol. The Morgan fingerprint density at radius 1 is 1.53 bits per heavy atom. The molecule has 19 heavy (non-hydrogen) atoms.